The minimum atomic E-state index is -0.581. The van der Waals surface area contributed by atoms with Crippen LogP contribution in [0.2, 0.25) is 0 Å². The van der Waals surface area contributed by atoms with Gasteiger partial charge in [-0.1, -0.05) is 34.1 Å². The lowest BCUT2D eigenvalue weighted by Crippen LogP contribution is -2.41. The fraction of sp³-hybridized carbons (Fsp3) is 0.273. The average Bonchev–Trinajstić information content (AvgIpc) is 3.38. The number of benzene rings is 2. The molecule has 9 nitrogen and oxygen atoms in total. The number of nitrogens with zero attached hydrogens (tertiary/aromatic N) is 3. The highest BCUT2D eigenvalue weighted by Crippen LogP contribution is 2.37. The van der Waals surface area contributed by atoms with E-state index in [0.29, 0.717) is 17.9 Å². The maximum absolute atomic E-state index is 13.2. The third kappa shape index (κ3) is 4.18. The minimum absolute atomic E-state index is 0.112. The minimum Gasteiger partial charge on any atom is -0.493 e. The standard InChI is InChI=1S/C22H21BrN4O5/c1-31-18-8-5-14(9-19(18)32-2)17-10-16(13-3-6-15(23)7-4-13)25-27(17)21(29)12-26-20(28)11-24-22(26)30/h3-9,17H,10-12H2,1-2H3,(H,24,30). The van der Waals surface area contributed by atoms with E-state index in [0.717, 1.165) is 26.2 Å². The molecule has 0 spiro atoms. The number of methoxy groups -OCH3 is 2. The lowest BCUT2D eigenvalue weighted by molar-refractivity contribution is -0.137. The van der Waals surface area contributed by atoms with E-state index in [2.05, 4.69) is 26.3 Å². The van der Waals surface area contributed by atoms with Crippen LogP contribution < -0.4 is 14.8 Å². The number of carbonyl (C=O) groups is 3. The number of hydrogen-bond acceptors (Lipinski definition) is 6. The monoisotopic (exact) mass is 500 g/mol. The van der Waals surface area contributed by atoms with Gasteiger partial charge in [-0.05, 0) is 35.4 Å². The Balaban J connectivity index is 1.67. The molecule has 0 bridgehead atoms. The van der Waals surface area contributed by atoms with Crippen LogP contribution in [0, 0.1) is 0 Å². The van der Waals surface area contributed by atoms with Gasteiger partial charge in [0.1, 0.15) is 6.54 Å². The van der Waals surface area contributed by atoms with Crippen molar-refractivity contribution in [2.45, 2.75) is 12.5 Å². The van der Waals surface area contributed by atoms with Crippen molar-refractivity contribution < 1.29 is 23.9 Å². The predicted molar refractivity (Wildman–Crippen MR) is 120 cm³/mol. The summed E-state index contributed by atoms with van der Waals surface area (Å²) >= 11 is 3.42. The van der Waals surface area contributed by atoms with Crippen LogP contribution in [0.1, 0.15) is 23.6 Å². The van der Waals surface area contributed by atoms with Crippen LogP contribution in [0.25, 0.3) is 0 Å². The van der Waals surface area contributed by atoms with E-state index in [4.69, 9.17) is 9.47 Å². The lowest BCUT2D eigenvalue weighted by atomic mass is 9.98. The molecule has 2 heterocycles. The number of halogens is 1. The summed E-state index contributed by atoms with van der Waals surface area (Å²) < 4.78 is 11.7. The predicted octanol–water partition coefficient (Wildman–Crippen LogP) is 2.70. The highest BCUT2D eigenvalue weighted by atomic mass is 79.9. The zero-order valence-corrected chi connectivity index (χ0v) is 19.1. The van der Waals surface area contributed by atoms with Crippen LogP contribution in [0.4, 0.5) is 4.79 Å². The number of carbonyl (C=O) groups excluding carboxylic acids is 3. The SMILES string of the molecule is COc1ccc(C2CC(c3ccc(Br)cc3)=NN2C(=O)CN2C(=O)CNC2=O)cc1OC. The third-order valence-corrected chi connectivity index (χ3v) is 5.89. The molecule has 10 heteroatoms. The van der Waals surface area contributed by atoms with Crippen LogP contribution in [0.3, 0.4) is 0 Å². The van der Waals surface area contributed by atoms with Crippen LogP contribution in [0.15, 0.2) is 52.0 Å². The summed E-state index contributed by atoms with van der Waals surface area (Å²) in [5.74, 6) is 0.203. The van der Waals surface area contributed by atoms with Gasteiger partial charge < -0.3 is 14.8 Å². The number of amides is 4. The van der Waals surface area contributed by atoms with Crippen molar-refractivity contribution in [3.8, 4) is 11.5 Å². The normalized spacial score (nSPS) is 18.0. The fourth-order valence-corrected chi connectivity index (χ4v) is 3.96. The van der Waals surface area contributed by atoms with Crippen molar-refractivity contribution in [1.82, 2.24) is 15.2 Å². The molecule has 4 amide bonds. The second kappa shape index (κ2) is 8.99. The van der Waals surface area contributed by atoms with Crippen molar-refractivity contribution in [3.05, 3.63) is 58.1 Å². The smallest absolute Gasteiger partial charge is 0.325 e. The lowest BCUT2D eigenvalue weighted by Gasteiger charge is -2.24. The van der Waals surface area contributed by atoms with Crippen molar-refractivity contribution in [1.29, 1.82) is 0 Å². The summed E-state index contributed by atoms with van der Waals surface area (Å²) in [5, 5.41) is 8.35. The maximum atomic E-state index is 13.2. The number of urea groups is 1. The zero-order valence-electron chi connectivity index (χ0n) is 17.5. The van der Waals surface area contributed by atoms with Crippen LogP contribution in [-0.2, 0) is 9.59 Å². The Bertz CT molecular complexity index is 1090. The number of nitrogens with one attached hydrogen (secondary N) is 1. The highest BCUT2D eigenvalue weighted by Gasteiger charge is 2.37. The molecule has 0 aromatic heterocycles. The van der Waals surface area contributed by atoms with Gasteiger partial charge in [-0.2, -0.15) is 5.10 Å². The number of hydrogen-bond donors (Lipinski definition) is 1. The summed E-state index contributed by atoms with van der Waals surface area (Å²) in [5.41, 5.74) is 2.40. The Morgan fingerprint density at radius 3 is 2.47 bits per heavy atom. The number of rotatable bonds is 6. The van der Waals surface area contributed by atoms with E-state index in [1.165, 1.54) is 5.01 Å². The van der Waals surface area contributed by atoms with Gasteiger partial charge in [0.15, 0.2) is 11.5 Å². The molecule has 2 aromatic carbocycles. The molecule has 1 saturated heterocycles. The second-order valence-corrected chi connectivity index (χ2v) is 8.18. The first-order chi connectivity index (χ1) is 15.4. The first-order valence-electron chi connectivity index (χ1n) is 9.87. The molecule has 2 aliphatic heterocycles. The van der Waals surface area contributed by atoms with Crippen molar-refractivity contribution in [2.24, 2.45) is 5.10 Å². The van der Waals surface area contributed by atoms with Gasteiger partial charge in [0.25, 0.3) is 11.8 Å². The molecule has 166 valence electrons. The van der Waals surface area contributed by atoms with Gasteiger partial charge in [-0.15, -0.1) is 0 Å². The molecule has 1 unspecified atom stereocenters. The third-order valence-electron chi connectivity index (χ3n) is 5.37. The second-order valence-electron chi connectivity index (χ2n) is 7.26. The largest absolute Gasteiger partial charge is 0.493 e. The maximum Gasteiger partial charge on any atom is 0.325 e. The first-order valence-corrected chi connectivity index (χ1v) is 10.7. The molecular weight excluding hydrogens is 480 g/mol. The Hall–Kier alpha value is -3.40. The van der Waals surface area contributed by atoms with Crippen molar-refractivity contribution in [2.75, 3.05) is 27.3 Å². The van der Waals surface area contributed by atoms with Gasteiger partial charge in [-0.3, -0.25) is 14.5 Å². The van der Waals surface area contributed by atoms with E-state index >= 15 is 0 Å². The Morgan fingerprint density at radius 1 is 1.12 bits per heavy atom. The molecule has 1 atom stereocenters. The number of ether oxygens (including phenoxy) is 2. The Labute approximate surface area is 193 Å². The van der Waals surface area contributed by atoms with Crippen molar-refractivity contribution >= 4 is 39.5 Å². The fourth-order valence-electron chi connectivity index (χ4n) is 3.70. The molecular formula is C22H21BrN4O5. The van der Waals surface area contributed by atoms with Crippen LogP contribution >= 0.6 is 15.9 Å². The summed E-state index contributed by atoms with van der Waals surface area (Å²) in [7, 11) is 3.09. The average molecular weight is 501 g/mol. The van der Waals surface area contributed by atoms with Gasteiger partial charge in [-0.25, -0.2) is 9.80 Å². The molecule has 4 rings (SSSR count). The van der Waals surface area contributed by atoms with E-state index in [-0.39, 0.29) is 13.1 Å². The summed E-state index contributed by atoms with van der Waals surface area (Å²) in [6, 6.07) is 12.1. The first kappa shape index (κ1) is 21.8. The molecule has 0 aliphatic carbocycles. The molecule has 32 heavy (non-hydrogen) atoms. The van der Waals surface area contributed by atoms with Gasteiger partial charge in [0.05, 0.1) is 32.5 Å². The van der Waals surface area contributed by atoms with E-state index in [1.54, 1.807) is 26.4 Å². The summed E-state index contributed by atoms with van der Waals surface area (Å²) in [4.78, 5) is 37.9. The zero-order chi connectivity index (χ0) is 22.8. The van der Waals surface area contributed by atoms with E-state index in [9.17, 15) is 14.4 Å². The molecule has 1 N–H and O–H groups in total. The van der Waals surface area contributed by atoms with Crippen molar-refractivity contribution in [3.63, 3.8) is 0 Å². The molecule has 1 fully saturated rings. The summed E-state index contributed by atoms with van der Waals surface area (Å²) in [6.45, 7) is -0.496. The molecule has 0 radical (unpaired) electrons. The molecule has 2 aliphatic rings. The highest BCUT2D eigenvalue weighted by molar-refractivity contribution is 9.10. The van der Waals surface area contributed by atoms with Crippen LogP contribution in [0.5, 0.6) is 11.5 Å². The van der Waals surface area contributed by atoms with Gasteiger partial charge in [0.2, 0.25) is 0 Å². The molecule has 0 saturated carbocycles. The number of imide groups is 1. The van der Waals surface area contributed by atoms with E-state index in [1.807, 2.05) is 30.3 Å². The van der Waals surface area contributed by atoms with Crippen LogP contribution in [-0.4, -0.2) is 60.8 Å². The van der Waals surface area contributed by atoms with E-state index < -0.39 is 23.9 Å². The Morgan fingerprint density at radius 2 is 1.84 bits per heavy atom. The quantitative estimate of drug-likeness (QED) is 0.614. The van der Waals surface area contributed by atoms with Gasteiger partial charge >= 0.3 is 6.03 Å². The Kier molecular flexibility index (Phi) is 6.13. The number of hydrazone groups is 1. The topological polar surface area (TPSA) is 101 Å². The summed E-state index contributed by atoms with van der Waals surface area (Å²) in [6.07, 6.45) is 0.461. The molecule has 2 aromatic rings. The van der Waals surface area contributed by atoms with Gasteiger partial charge in [0, 0.05) is 10.9 Å².